The summed E-state index contributed by atoms with van der Waals surface area (Å²) in [6.45, 7) is 5.28. The van der Waals surface area contributed by atoms with Crippen LogP contribution in [0.4, 0.5) is 0 Å². The Bertz CT molecular complexity index is 496. The van der Waals surface area contributed by atoms with Gasteiger partial charge in [0, 0.05) is 25.0 Å². The fourth-order valence-electron chi connectivity index (χ4n) is 2.18. The summed E-state index contributed by atoms with van der Waals surface area (Å²) in [4.78, 5) is 0. The molecule has 0 fully saturated rings. The van der Waals surface area contributed by atoms with Crippen molar-refractivity contribution < 1.29 is 5.11 Å². The first kappa shape index (κ1) is 13.8. The summed E-state index contributed by atoms with van der Waals surface area (Å²) in [5, 5.41) is 17.4. The van der Waals surface area contributed by atoms with E-state index < -0.39 is 6.10 Å². The smallest absolute Gasteiger partial charge is 0.0860 e. The van der Waals surface area contributed by atoms with E-state index in [0.29, 0.717) is 13.1 Å². The number of rotatable bonds is 6. The first-order valence-corrected chi connectivity index (χ1v) is 6.61. The number of benzene rings is 1. The van der Waals surface area contributed by atoms with Crippen LogP contribution >= 0.6 is 0 Å². The highest BCUT2D eigenvalue weighted by Crippen LogP contribution is 2.16. The molecule has 0 spiro atoms. The first-order valence-electron chi connectivity index (χ1n) is 6.61. The summed E-state index contributed by atoms with van der Waals surface area (Å²) >= 11 is 0. The summed E-state index contributed by atoms with van der Waals surface area (Å²) in [6, 6.07) is 10.4. The molecule has 2 rings (SSSR count). The van der Waals surface area contributed by atoms with E-state index >= 15 is 0 Å². The van der Waals surface area contributed by atoms with Gasteiger partial charge >= 0.3 is 0 Å². The van der Waals surface area contributed by atoms with Crippen LogP contribution in [0.1, 0.15) is 24.1 Å². The average Bonchev–Trinajstić information content (AvgIpc) is 2.89. The number of nitrogens with zero attached hydrogens (tertiary/aromatic N) is 2. The molecule has 1 aromatic carbocycles. The minimum atomic E-state index is -0.439. The molecule has 0 saturated carbocycles. The maximum atomic E-state index is 9.96. The fourth-order valence-corrected chi connectivity index (χ4v) is 2.18. The molecule has 1 unspecified atom stereocenters. The molecule has 0 amide bonds. The molecule has 0 aliphatic rings. The van der Waals surface area contributed by atoms with Gasteiger partial charge in [-0.15, -0.1) is 0 Å². The Hall–Kier alpha value is -1.65. The zero-order valence-electron chi connectivity index (χ0n) is 11.5. The largest absolute Gasteiger partial charge is 0.390 e. The molecule has 0 aliphatic heterocycles. The molecule has 4 nitrogen and oxygen atoms in total. The molecule has 0 aliphatic carbocycles. The lowest BCUT2D eigenvalue weighted by Gasteiger charge is -2.19. The van der Waals surface area contributed by atoms with Crippen LogP contribution in [0.2, 0.25) is 0 Å². The summed E-state index contributed by atoms with van der Waals surface area (Å²) in [7, 11) is 0. The van der Waals surface area contributed by atoms with Crippen molar-refractivity contribution in [1.29, 1.82) is 0 Å². The Kier molecular flexibility index (Phi) is 4.71. The van der Waals surface area contributed by atoms with Crippen molar-refractivity contribution in [3.8, 4) is 0 Å². The van der Waals surface area contributed by atoms with E-state index in [1.165, 1.54) is 11.1 Å². The van der Waals surface area contributed by atoms with Crippen LogP contribution in [0.5, 0.6) is 0 Å². The molecule has 102 valence electrons. The third-order valence-electron chi connectivity index (χ3n) is 3.27. The topological polar surface area (TPSA) is 50.1 Å². The van der Waals surface area contributed by atoms with Gasteiger partial charge < -0.3 is 10.4 Å². The molecule has 0 bridgehead atoms. The van der Waals surface area contributed by atoms with Crippen LogP contribution in [0, 0.1) is 6.92 Å². The van der Waals surface area contributed by atoms with E-state index in [-0.39, 0.29) is 6.04 Å². The molecule has 19 heavy (non-hydrogen) atoms. The van der Waals surface area contributed by atoms with Gasteiger partial charge in [-0.05, 0) is 31.0 Å². The Labute approximate surface area is 114 Å². The third kappa shape index (κ3) is 3.91. The lowest BCUT2D eigenvalue weighted by atomic mass is 10.0. The van der Waals surface area contributed by atoms with Crippen molar-refractivity contribution in [3.63, 3.8) is 0 Å². The first-order chi connectivity index (χ1) is 9.16. The van der Waals surface area contributed by atoms with E-state index in [1.54, 1.807) is 10.9 Å². The van der Waals surface area contributed by atoms with Gasteiger partial charge in [-0.2, -0.15) is 5.10 Å². The highest BCUT2D eigenvalue weighted by Gasteiger charge is 2.10. The van der Waals surface area contributed by atoms with Crippen molar-refractivity contribution in [2.45, 2.75) is 32.5 Å². The predicted molar refractivity (Wildman–Crippen MR) is 75.8 cm³/mol. The second-order valence-corrected chi connectivity index (χ2v) is 4.87. The van der Waals surface area contributed by atoms with Crippen LogP contribution in [-0.2, 0) is 6.54 Å². The number of hydrogen-bond acceptors (Lipinski definition) is 3. The Morgan fingerprint density at radius 1 is 1.32 bits per heavy atom. The number of hydrogen-bond donors (Lipinski definition) is 2. The Balaban J connectivity index is 1.83. The van der Waals surface area contributed by atoms with Crippen LogP contribution < -0.4 is 5.32 Å². The average molecular weight is 259 g/mol. The molecule has 0 radical (unpaired) electrons. The minimum absolute atomic E-state index is 0.230. The maximum absolute atomic E-state index is 9.96. The maximum Gasteiger partial charge on any atom is 0.0860 e. The standard InChI is InChI=1S/C15H21N3O/c1-12-6-3-4-7-15(12)13(2)16-10-14(19)11-18-9-5-8-17-18/h3-9,13-14,16,19H,10-11H2,1-2H3/t13-,14?/m1/s1. The normalized spacial score (nSPS) is 14.3. The molecule has 2 N–H and O–H groups in total. The molecule has 1 heterocycles. The zero-order chi connectivity index (χ0) is 13.7. The summed E-state index contributed by atoms with van der Waals surface area (Å²) in [5.41, 5.74) is 2.54. The van der Waals surface area contributed by atoms with Gasteiger partial charge in [-0.3, -0.25) is 4.68 Å². The second kappa shape index (κ2) is 6.50. The zero-order valence-corrected chi connectivity index (χ0v) is 11.5. The highest BCUT2D eigenvalue weighted by atomic mass is 16.3. The van der Waals surface area contributed by atoms with Crippen molar-refractivity contribution in [3.05, 3.63) is 53.9 Å². The van der Waals surface area contributed by atoms with Crippen molar-refractivity contribution in [2.24, 2.45) is 0 Å². The SMILES string of the molecule is Cc1ccccc1[C@@H](C)NCC(O)Cn1cccn1. The quantitative estimate of drug-likeness (QED) is 0.833. The van der Waals surface area contributed by atoms with Crippen LogP contribution in [-0.4, -0.2) is 27.5 Å². The van der Waals surface area contributed by atoms with E-state index in [0.717, 1.165) is 0 Å². The predicted octanol–water partition coefficient (Wildman–Crippen LogP) is 1.90. The Morgan fingerprint density at radius 3 is 2.79 bits per heavy atom. The van der Waals surface area contributed by atoms with Gasteiger partial charge in [-0.1, -0.05) is 24.3 Å². The molecule has 4 heteroatoms. The molecular weight excluding hydrogens is 238 g/mol. The lowest BCUT2D eigenvalue weighted by Crippen LogP contribution is -2.32. The van der Waals surface area contributed by atoms with E-state index in [2.05, 4.69) is 36.4 Å². The molecule has 2 aromatic rings. The summed E-state index contributed by atoms with van der Waals surface area (Å²) < 4.78 is 1.74. The number of aliphatic hydroxyl groups is 1. The van der Waals surface area contributed by atoms with Gasteiger partial charge in [0.05, 0.1) is 12.6 Å². The lowest BCUT2D eigenvalue weighted by molar-refractivity contribution is 0.143. The van der Waals surface area contributed by atoms with Gasteiger partial charge in [0.15, 0.2) is 0 Å². The molecular formula is C15H21N3O. The van der Waals surface area contributed by atoms with Gasteiger partial charge in [0.2, 0.25) is 0 Å². The van der Waals surface area contributed by atoms with E-state index in [9.17, 15) is 5.11 Å². The minimum Gasteiger partial charge on any atom is -0.390 e. The molecule has 2 atom stereocenters. The van der Waals surface area contributed by atoms with Gasteiger partial charge in [0.25, 0.3) is 0 Å². The molecule has 1 aromatic heterocycles. The van der Waals surface area contributed by atoms with E-state index in [4.69, 9.17) is 0 Å². The Morgan fingerprint density at radius 2 is 2.11 bits per heavy atom. The van der Waals surface area contributed by atoms with Crippen LogP contribution in [0.15, 0.2) is 42.7 Å². The van der Waals surface area contributed by atoms with Crippen LogP contribution in [0.25, 0.3) is 0 Å². The van der Waals surface area contributed by atoms with E-state index in [1.807, 2.05) is 24.4 Å². The van der Waals surface area contributed by atoms with Gasteiger partial charge in [-0.25, -0.2) is 0 Å². The second-order valence-electron chi connectivity index (χ2n) is 4.87. The number of aliphatic hydroxyl groups excluding tert-OH is 1. The monoisotopic (exact) mass is 259 g/mol. The van der Waals surface area contributed by atoms with Gasteiger partial charge in [0.1, 0.15) is 0 Å². The highest BCUT2D eigenvalue weighted by molar-refractivity contribution is 5.28. The molecule has 0 saturated heterocycles. The number of aromatic nitrogens is 2. The van der Waals surface area contributed by atoms with Crippen molar-refractivity contribution in [1.82, 2.24) is 15.1 Å². The summed E-state index contributed by atoms with van der Waals surface area (Å²) in [5.74, 6) is 0. The number of aryl methyl sites for hydroxylation is 1. The summed E-state index contributed by atoms with van der Waals surface area (Å²) in [6.07, 6.45) is 3.13. The number of nitrogens with one attached hydrogen (secondary N) is 1. The van der Waals surface area contributed by atoms with Crippen molar-refractivity contribution in [2.75, 3.05) is 6.54 Å². The van der Waals surface area contributed by atoms with Crippen molar-refractivity contribution >= 4 is 0 Å². The fraction of sp³-hybridized carbons (Fsp3) is 0.400. The van der Waals surface area contributed by atoms with Crippen LogP contribution in [0.3, 0.4) is 0 Å². The third-order valence-corrected chi connectivity index (χ3v) is 3.27.